The van der Waals surface area contributed by atoms with Crippen molar-refractivity contribution >= 4 is 17.7 Å². The Kier molecular flexibility index (Phi) is 4.06. The number of amides is 2. The molecule has 8 heteroatoms. The SMILES string of the molecule is O=C(NCc1ccccc1[N+](=O)[O-])NC1(C(=O)O)CCC1. The molecule has 1 aliphatic carbocycles. The molecule has 1 aromatic rings. The summed E-state index contributed by atoms with van der Waals surface area (Å²) in [6.45, 7) is -0.0430. The number of hydrogen-bond donors (Lipinski definition) is 3. The van der Waals surface area contributed by atoms with Crippen molar-refractivity contribution in [2.24, 2.45) is 0 Å². The predicted molar refractivity (Wildman–Crippen MR) is 72.7 cm³/mol. The van der Waals surface area contributed by atoms with E-state index in [1.165, 1.54) is 18.2 Å². The molecule has 3 N–H and O–H groups in total. The highest BCUT2D eigenvalue weighted by atomic mass is 16.6. The minimum absolute atomic E-state index is 0.0430. The molecule has 1 aromatic carbocycles. The van der Waals surface area contributed by atoms with Gasteiger partial charge in [0.05, 0.1) is 11.5 Å². The second kappa shape index (κ2) is 5.78. The molecular formula is C13H15N3O5. The van der Waals surface area contributed by atoms with Crippen LogP contribution in [0.5, 0.6) is 0 Å². The summed E-state index contributed by atoms with van der Waals surface area (Å²) in [6, 6.07) is 5.41. The van der Waals surface area contributed by atoms with Crippen molar-refractivity contribution in [3.8, 4) is 0 Å². The van der Waals surface area contributed by atoms with Gasteiger partial charge >= 0.3 is 12.0 Å². The summed E-state index contributed by atoms with van der Waals surface area (Å²) >= 11 is 0. The molecule has 0 spiro atoms. The zero-order valence-corrected chi connectivity index (χ0v) is 11.2. The maximum absolute atomic E-state index is 11.8. The number of carbonyl (C=O) groups excluding carboxylic acids is 1. The fourth-order valence-electron chi connectivity index (χ4n) is 2.20. The van der Waals surface area contributed by atoms with Crippen molar-refractivity contribution in [2.75, 3.05) is 0 Å². The van der Waals surface area contributed by atoms with Crippen LogP contribution in [0, 0.1) is 10.1 Å². The van der Waals surface area contributed by atoms with E-state index in [0.717, 1.165) is 6.42 Å². The van der Waals surface area contributed by atoms with Gasteiger partial charge in [-0.1, -0.05) is 18.2 Å². The monoisotopic (exact) mass is 293 g/mol. The lowest BCUT2D eigenvalue weighted by molar-refractivity contribution is -0.385. The molecule has 0 atom stereocenters. The molecule has 8 nitrogen and oxygen atoms in total. The molecule has 1 saturated carbocycles. The Balaban J connectivity index is 1.96. The average Bonchev–Trinajstić information content (AvgIpc) is 2.40. The quantitative estimate of drug-likeness (QED) is 0.559. The third-order valence-corrected chi connectivity index (χ3v) is 3.60. The van der Waals surface area contributed by atoms with Gasteiger partial charge in [0.15, 0.2) is 0 Å². The highest BCUT2D eigenvalue weighted by molar-refractivity contribution is 5.87. The van der Waals surface area contributed by atoms with Crippen LogP contribution in [0.25, 0.3) is 0 Å². The van der Waals surface area contributed by atoms with Gasteiger partial charge in [-0.05, 0) is 19.3 Å². The van der Waals surface area contributed by atoms with Crippen LogP contribution < -0.4 is 10.6 Å². The Bertz CT molecular complexity index is 583. The van der Waals surface area contributed by atoms with Crippen LogP contribution in [0.2, 0.25) is 0 Å². The van der Waals surface area contributed by atoms with E-state index in [9.17, 15) is 19.7 Å². The van der Waals surface area contributed by atoms with Crippen LogP contribution in [0.4, 0.5) is 10.5 Å². The van der Waals surface area contributed by atoms with Gasteiger partial charge in [0.1, 0.15) is 5.54 Å². The fraction of sp³-hybridized carbons (Fsp3) is 0.385. The van der Waals surface area contributed by atoms with Gasteiger partial charge in [0.25, 0.3) is 5.69 Å². The summed E-state index contributed by atoms with van der Waals surface area (Å²) in [4.78, 5) is 33.2. The Morgan fingerprint density at radius 2 is 2.00 bits per heavy atom. The van der Waals surface area contributed by atoms with Crippen LogP contribution in [0.3, 0.4) is 0 Å². The second-order valence-corrected chi connectivity index (χ2v) is 4.93. The van der Waals surface area contributed by atoms with Crippen molar-refractivity contribution in [3.05, 3.63) is 39.9 Å². The first-order valence-corrected chi connectivity index (χ1v) is 6.46. The fourth-order valence-corrected chi connectivity index (χ4v) is 2.20. The number of carbonyl (C=O) groups is 2. The molecule has 2 amide bonds. The number of rotatable bonds is 5. The van der Waals surface area contributed by atoms with Crippen molar-refractivity contribution < 1.29 is 19.6 Å². The van der Waals surface area contributed by atoms with Gasteiger partial charge in [0, 0.05) is 11.6 Å². The summed E-state index contributed by atoms with van der Waals surface area (Å²) in [5.74, 6) is -1.06. The number of aliphatic carboxylic acids is 1. The highest BCUT2D eigenvalue weighted by Gasteiger charge is 2.45. The number of nitro benzene ring substituents is 1. The maximum Gasteiger partial charge on any atom is 0.329 e. The number of carboxylic acid groups (broad SMARTS) is 1. The highest BCUT2D eigenvalue weighted by Crippen LogP contribution is 2.31. The molecular weight excluding hydrogens is 278 g/mol. The van der Waals surface area contributed by atoms with E-state index in [-0.39, 0.29) is 12.2 Å². The molecule has 1 aliphatic rings. The lowest BCUT2D eigenvalue weighted by Crippen LogP contribution is -2.61. The van der Waals surface area contributed by atoms with Gasteiger partial charge in [-0.25, -0.2) is 9.59 Å². The first-order chi connectivity index (χ1) is 9.94. The van der Waals surface area contributed by atoms with Crippen LogP contribution in [-0.4, -0.2) is 27.6 Å². The number of nitro groups is 1. The number of urea groups is 1. The van der Waals surface area contributed by atoms with Gasteiger partial charge in [0.2, 0.25) is 0 Å². The third kappa shape index (κ3) is 3.10. The van der Waals surface area contributed by atoms with Crippen molar-refractivity contribution in [1.29, 1.82) is 0 Å². The van der Waals surface area contributed by atoms with Crippen molar-refractivity contribution in [1.82, 2.24) is 10.6 Å². The molecule has 0 radical (unpaired) electrons. The molecule has 21 heavy (non-hydrogen) atoms. The molecule has 0 unspecified atom stereocenters. The third-order valence-electron chi connectivity index (χ3n) is 3.60. The van der Waals surface area contributed by atoms with Gasteiger partial charge in [-0.3, -0.25) is 10.1 Å². The number of carboxylic acids is 1. The smallest absolute Gasteiger partial charge is 0.329 e. The summed E-state index contributed by atoms with van der Waals surface area (Å²) in [7, 11) is 0. The minimum Gasteiger partial charge on any atom is -0.480 e. The maximum atomic E-state index is 11.8. The number of para-hydroxylation sites is 1. The Morgan fingerprint density at radius 1 is 1.33 bits per heavy atom. The zero-order chi connectivity index (χ0) is 15.5. The van der Waals surface area contributed by atoms with Crippen molar-refractivity contribution in [2.45, 2.75) is 31.3 Å². The summed E-state index contributed by atoms with van der Waals surface area (Å²) in [5, 5.41) is 24.8. The van der Waals surface area contributed by atoms with E-state index in [4.69, 9.17) is 5.11 Å². The standard InChI is InChI=1S/C13H15N3O5/c17-11(18)13(6-3-7-13)15-12(19)14-8-9-4-1-2-5-10(9)16(20)21/h1-2,4-5H,3,6-8H2,(H,17,18)(H2,14,15,19). The molecule has 112 valence electrons. The van der Waals surface area contributed by atoms with Crippen LogP contribution in [0.15, 0.2) is 24.3 Å². The minimum atomic E-state index is -1.20. The lowest BCUT2D eigenvalue weighted by atomic mass is 9.77. The van der Waals surface area contributed by atoms with Crippen LogP contribution >= 0.6 is 0 Å². The van der Waals surface area contributed by atoms with Crippen LogP contribution in [-0.2, 0) is 11.3 Å². The Morgan fingerprint density at radius 3 is 2.52 bits per heavy atom. The van der Waals surface area contributed by atoms with E-state index in [0.29, 0.717) is 18.4 Å². The first kappa shape index (κ1) is 14.8. The normalized spacial score (nSPS) is 15.6. The first-order valence-electron chi connectivity index (χ1n) is 6.46. The largest absolute Gasteiger partial charge is 0.480 e. The summed E-state index contributed by atoms with van der Waals surface area (Å²) in [5.41, 5.74) is -0.933. The van der Waals surface area contributed by atoms with Gasteiger partial charge in [-0.2, -0.15) is 0 Å². The molecule has 0 saturated heterocycles. The molecule has 2 rings (SSSR count). The van der Waals surface area contributed by atoms with E-state index in [1.807, 2.05) is 0 Å². The molecule has 0 aliphatic heterocycles. The lowest BCUT2D eigenvalue weighted by Gasteiger charge is -2.38. The van der Waals surface area contributed by atoms with Crippen molar-refractivity contribution in [3.63, 3.8) is 0 Å². The zero-order valence-electron chi connectivity index (χ0n) is 11.2. The summed E-state index contributed by atoms with van der Waals surface area (Å²) < 4.78 is 0. The molecule has 1 fully saturated rings. The number of nitrogens with zero attached hydrogens (tertiary/aromatic N) is 1. The molecule has 0 aromatic heterocycles. The van der Waals surface area contributed by atoms with Gasteiger partial charge in [-0.15, -0.1) is 0 Å². The van der Waals surface area contributed by atoms with E-state index in [2.05, 4.69) is 10.6 Å². The molecule has 0 heterocycles. The number of benzene rings is 1. The second-order valence-electron chi connectivity index (χ2n) is 4.93. The van der Waals surface area contributed by atoms with Crippen LogP contribution in [0.1, 0.15) is 24.8 Å². The average molecular weight is 293 g/mol. The number of nitrogens with one attached hydrogen (secondary N) is 2. The predicted octanol–water partition coefficient (Wildman–Crippen LogP) is 1.40. The topological polar surface area (TPSA) is 122 Å². The Hall–Kier alpha value is -2.64. The molecule has 0 bridgehead atoms. The van der Waals surface area contributed by atoms with E-state index >= 15 is 0 Å². The summed E-state index contributed by atoms with van der Waals surface area (Å²) in [6.07, 6.45) is 1.53. The van der Waals surface area contributed by atoms with E-state index < -0.39 is 22.5 Å². The number of hydrogen-bond acceptors (Lipinski definition) is 4. The van der Waals surface area contributed by atoms with E-state index in [1.54, 1.807) is 6.07 Å². The van der Waals surface area contributed by atoms with Gasteiger partial charge < -0.3 is 15.7 Å². The Labute approximate surface area is 120 Å².